The second-order valence-corrected chi connectivity index (χ2v) is 12.9. The van der Waals surface area contributed by atoms with Gasteiger partial charge in [0.2, 0.25) is 11.8 Å². The molecular formula is C25H23F6N5O4S. The molecule has 2 amide bonds. The molecule has 9 nitrogen and oxygen atoms in total. The molecule has 0 spiro atoms. The molecule has 2 atom stereocenters. The lowest BCUT2D eigenvalue weighted by molar-refractivity contribution is -0.199. The first-order chi connectivity index (χ1) is 18.9. The Hall–Kier alpha value is -3.61. The Kier molecular flexibility index (Phi) is 6.48. The molecule has 41 heavy (non-hydrogen) atoms. The van der Waals surface area contributed by atoms with Crippen LogP contribution in [0.15, 0.2) is 35.2 Å². The molecule has 0 bridgehead atoms. The number of halogens is 6. The van der Waals surface area contributed by atoms with Crippen molar-refractivity contribution < 1.29 is 44.3 Å². The van der Waals surface area contributed by atoms with Crippen LogP contribution in [0.5, 0.6) is 0 Å². The fourth-order valence-electron chi connectivity index (χ4n) is 5.11. The second kappa shape index (κ2) is 9.20. The summed E-state index contributed by atoms with van der Waals surface area (Å²) in [6.45, 7) is -0.672. The van der Waals surface area contributed by atoms with E-state index in [9.17, 15) is 49.6 Å². The molecule has 3 aliphatic rings. The van der Waals surface area contributed by atoms with Crippen LogP contribution in [0.1, 0.15) is 37.8 Å². The van der Waals surface area contributed by atoms with Gasteiger partial charge in [-0.25, -0.2) is 8.42 Å². The van der Waals surface area contributed by atoms with Crippen LogP contribution in [0.4, 0.5) is 26.3 Å². The Labute approximate surface area is 230 Å². The van der Waals surface area contributed by atoms with Gasteiger partial charge in [0.1, 0.15) is 17.0 Å². The third kappa shape index (κ3) is 4.93. The van der Waals surface area contributed by atoms with Crippen molar-refractivity contribution in [3.63, 3.8) is 0 Å². The molecule has 1 saturated heterocycles. The molecule has 0 radical (unpaired) electrons. The highest BCUT2D eigenvalue weighted by molar-refractivity contribution is 7.92. The van der Waals surface area contributed by atoms with Crippen LogP contribution in [-0.4, -0.2) is 64.5 Å². The minimum Gasteiger partial charge on any atom is -0.336 e. The molecule has 3 fully saturated rings. The summed E-state index contributed by atoms with van der Waals surface area (Å²) in [6, 6.07) is 5.97. The number of benzene rings is 1. The SMILES string of the molecule is Cn1nc(C(F)(F)F)cc1-c1ccc(S(=O)(=O)C2CC(C(=O)NC3(C#N)CC3)N(C(=O)C3(C(F)(F)F)CC3)C2)cc1. The molecule has 1 N–H and O–H groups in total. The van der Waals surface area contributed by atoms with E-state index in [1.54, 1.807) is 0 Å². The average molecular weight is 604 g/mol. The first-order valence-corrected chi connectivity index (χ1v) is 14.1. The van der Waals surface area contributed by atoms with E-state index < -0.39 is 87.8 Å². The molecule has 220 valence electrons. The highest BCUT2D eigenvalue weighted by Crippen LogP contribution is 2.59. The predicted octanol–water partition coefficient (Wildman–Crippen LogP) is 3.36. The molecule has 2 unspecified atom stereocenters. The first kappa shape index (κ1) is 28.9. The summed E-state index contributed by atoms with van der Waals surface area (Å²) in [5.74, 6) is -2.28. The molecule has 1 aliphatic heterocycles. The number of hydrogen-bond acceptors (Lipinski definition) is 6. The van der Waals surface area contributed by atoms with Gasteiger partial charge >= 0.3 is 12.4 Å². The summed E-state index contributed by atoms with van der Waals surface area (Å²) >= 11 is 0. The predicted molar refractivity (Wildman–Crippen MR) is 128 cm³/mol. The largest absolute Gasteiger partial charge is 0.435 e. The molecule has 2 saturated carbocycles. The topological polar surface area (TPSA) is 125 Å². The van der Waals surface area contributed by atoms with Crippen LogP contribution >= 0.6 is 0 Å². The zero-order chi connectivity index (χ0) is 30.2. The maximum absolute atomic E-state index is 13.8. The number of alkyl halides is 6. The second-order valence-electron chi connectivity index (χ2n) is 10.7. The van der Waals surface area contributed by atoms with Gasteiger partial charge in [0.15, 0.2) is 15.5 Å². The number of sulfone groups is 1. The third-order valence-electron chi connectivity index (χ3n) is 7.94. The molecular weight excluding hydrogens is 580 g/mol. The third-order valence-corrected chi connectivity index (χ3v) is 10.1. The fourth-order valence-corrected chi connectivity index (χ4v) is 6.80. The van der Waals surface area contributed by atoms with Crippen molar-refractivity contribution in [2.45, 2.75) is 66.2 Å². The van der Waals surface area contributed by atoms with E-state index in [0.717, 1.165) is 22.9 Å². The molecule has 1 aromatic carbocycles. The molecule has 2 aromatic rings. The van der Waals surface area contributed by atoms with E-state index >= 15 is 0 Å². The monoisotopic (exact) mass is 603 g/mol. The number of carbonyl (C=O) groups excluding carboxylic acids is 2. The normalized spacial score (nSPS) is 23.1. The Morgan fingerprint density at radius 1 is 1.07 bits per heavy atom. The van der Waals surface area contributed by atoms with Gasteiger partial charge < -0.3 is 10.2 Å². The highest BCUT2D eigenvalue weighted by atomic mass is 32.2. The number of aromatic nitrogens is 2. The summed E-state index contributed by atoms with van der Waals surface area (Å²) < 4.78 is 108. The van der Waals surface area contributed by atoms with Crippen LogP contribution in [0.3, 0.4) is 0 Å². The number of amides is 2. The van der Waals surface area contributed by atoms with E-state index in [1.807, 2.05) is 6.07 Å². The number of rotatable bonds is 6. The number of nitrogens with zero attached hydrogens (tertiary/aromatic N) is 4. The lowest BCUT2D eigenvalue weighted by Gasteiger charge is -2.29. The zero-order valence-corrected chi connectivity index (χ0v) is 22.2. The van der Waals surface area contributed by atoms with Gasteiger partial charge in [-0.3, -0.25) is 14.3 Å². The number of nitrogens with one attached hydrogen (secondary N) is 1. The van der Waals surface area contributed by atoms with Crippen molar-refractivity contribution in [2.75, 3.05) is 6.54 Å². The molecule has 1 aromatic heterocycles. The lowest BCUT2D eigenvalue weighted by atomic mass is 10.0. The Bertz CT molecular complexity index is 1550. The summed E-state index contributed by atoms with van der Waals surface area (Å²) in [4.78, 5) is 26.6. The molecule has 2 aliphatic carbocycles. The van der Waals surface area contributed by atoms with E-state index in [0.29, 0.717) is 17.7 Å². The van der Waals surface area contributed by atoms with E-state index in [2.05, 4.69) is 10.4 Å². The van der Waals surface area contributed by atoms with Crippen molar-refractivity contribution in [3.05, 3.63) is 36.0 Å². The zero-order valence-electron chi connectivity index (χ0n) is 21.4. The van der Waals surface area contributed by atoms with Crippen LogP contribution in [0.25, 0.3) is 11.3 Å². The Balaban J connectivity index is 1.42. The van der Waals surface area contributed by atoms with Crippen molar-refractivity contribution in [3.8, 4) is 17.3 Å². The maximum atomic E-state index is 13.8. The van der Waals surface area contributed by atoms with Crippen LogP contribution in [0.2, 0.25) is 0 Å². The van der Waals surface area contributed by atoms with Crippen molar-refractivity contribution in [1.29, 1.82) is 5.26 Å². The number of aryl methyl sites for hydroxylation is 1. The summed E-state index contributed by atoms with van der Waals surface area (Å²) in [5.41, 5.74) is -4.73. The first-order valence-electron chi connectivity index (χ1n) is 12.5. The van der Waals surface area contributed by atoms with Gasteiger partial charge in [0.05, 0.1) is 21.9 Å². The van der Waals surface area contributed by atoms with Crippen molar-refractivity contribution in [1.82, 2.24) is 20.0 Å². The number of likely N-dealkylation sites (tertiary alicyclic amines) is 1. The summed E-state index contributed by atoms with van der Waals surface area (Å²) in [7, 11) is -3.03. The molecule has 2 heterocycles. The Morgan fingerprint density at radius 3 is 2.15 bits per heavy atom. The number of carbonyl (C=O) groups is 2. The van der Waals surface area contributed by atoms with Gasteiger partial charge in [0.25, 0.3) is 0 Å². The van der Waals surface area contributed by atoms with Gasteiger partial charge in [-0.1, -0.05) is 12.1 Å². The maximum Gasteiger partial charge on any atom is 0.435 e. The highest BCUT2D eigenvalue weighted by Gasteiger charge is 2.70. The van der Waals surface area contributed by atoms with Gasteiger partial charge in [-0.15, -0.1) is 0 Å². The quantitative estimate of drug-likeness (QED) is 0.505. The standard InChI is InChI=1S/C25H23F6N5O4S/c1-35-17(11-19(34-35)24(26,27)28)14-2-4-15(5-3-14)41(39,40)16-10-18(20(37)33-22(13-32)6-7-22)36(12-16)21(38)23(8-9-23)25(29,30)31/h2-5,11,16,18H,6-10,12H2,1H3,(H,33,37). The summed E-state index contributed by atoms with van der Waals surface area (Å²) in [5, 5.41) is 13.7. The van der Waals surface area contributed by atoms with Crippen LogP contribution in [-0.2, 0) is 32.7 Å². The minimum atomic E-state index is -4.89. The van der Waals surface area contributed by atoms with Crippen molar-refractivity contribution >= 4 is 21.7 Å². The minimum absolute atomic E-state index is 0.0593. The molecule has 16 heteroatoms. The van der Waals surface area contributed by atoms with Gasteiger partial charge in [0, 0.05) is 13.6 Å². The van der Waals surface area contributed by atoms with E-state index in [-0.39, 0.29) is 16.2 Å². The van der Waals surface area contributed by atoms with Gasteiger partial charge in [-0.2, -0.15) is 36.7 Å². The fraction of sp³-hybridized carbons (Fsp3) is 0.520. The number of hydrogen-bond donors (Lipinski definition) is 1. The summed E-state index contributed by atoms with van der Waals surface area (Å²) in [6.07, 6.45) is -10.4. The van der Waals surface area contributed by atoms with E-state index in [1.165, 1.54) is 19.2 Å². The average Bonchev–Trinajstić information content (AvgIpc) is 3.78. The van der Waals surface area contributed by atoms with Gasteiger partial charge in [-0.05, 0) is 55.9 Å². The van der Waals surface area contributed by atoms with Crippen LogP contribution in [0, 0.1) is 16.7 Å². The smallest absolute Gasteiger partial charge is 0.336 e. The van der Waals surface area contributed by atoms with Crippen LogP contribution < -0.4 is 5.32 Å². The lowest BCUT2D eigenvalue weighted by Crippen LogP contribution is -2.53. The van der Waals surface area contributed by atoms with E-state index in [4.69, 9.17) is 0 Å². The molecule has 5 rings (SSSR count). The number of nitriles is 1. The van der Waals surface area contributed by atoms with Crippen molar-refractivity contribution in [2.24, 2.45) is 12.5 Å². The Morgan fingerprint density at radius 2 is 1.68 bits per heavy atom.